The number of esters is 1. The summed E-state index contributed by atoms with van der Waals surface area (Å²) in [6.45, 7) is 12.8. The maximum Gasteiger partial charge on any atom is 0.336 e. The van der Waals surface area contributed by atoms with Crippen molar-refractivity contribution in [3.63, 3.8) is 0 Å². The molecule has 2 heterocycles. The van der Waals surface area contributed by atoms with Crippen molar-refractivity contribution in [1.82, 2.24) is 0 Å². The number of hydrogen-bond donors (Lipinski definition) is 2. The van der Waals surface area contributed by atoms with Gasteiger partial charge >= 0.3 is 5.97 Å². The van der Waals surface area contributed by atoms with Crippen molar-refractivity contribution in [3.8, 4) is 0 Å². The van der Waals surface area contributed by atoms with E-state index in [9.17, 15) is 15.0 Å². The van der Waals surface area contributed by atoms with Crippen molar-refractivity contribution in [3.05, 3.63) is 23.5 Å². The normalized spacial score (nSPS) is 47.9. The Kier molecular flexibility index (Phi) is 5.08. The molecule has 0 spiro atoms. The fourth-order valence-corrected chi connectivity index (χ4v) is 7.77. The minimum atomic E-state index is -0.898. The lowest BCUT2D eigenvalue weighted by atomic mass is 9.43. The van der Waals surface area contributed by atoms with E-state index >= 15 is 0 Å². The number of aliphatic hydroxyl groups excluding tert-OH is 2. The van der Waals surface area contributed by atoms with Gasteiger partial charge in [-0.3, -0.25) is 0 Å². The second-order valence-electron chi connectivity index (χ2n) is 11.6. The lowest BCUT2D eigenvalue weighted by molar-refractivity contribution is -0.299. The minimum absolute atomic E-state index is 0.0270. The Hall–Kier alpha value is -1.17. The van der Waals surface area contributed by atoms with E-state index in [4.69, 9.17) is 9.47 Å². The first-order valence-corrected chi connectivity index (χ1v) is 11.5. The van der Waals surface area contributed by atoms with Crippen LogP contribution in [-0.4, -0.2) is 39.6 Å². The van der Waals surface area contributed by atoms with Crippen LogP contribution in [0.1, 0.15) is 80.1 Å². The zero-order valence-electron chi connectivity index (χ0n) is 19.3. The topological polar surface area (TPSA) is 76.0 Å². The molecule has 7 unspecified atom stereocenters. The van der Waals surface area contributed by atoms with Crippen molar-refractivity contribution in [2.75, 3.05) is 0 Å². The van der Waals surface area contributed by atoms with E-state index in [1.165, 1.54) is 12.5 Å². The molecule has 0 aromatic rings. The summed E-state index contributed by atoms with van der Waals surface area (Å²) in [4.78, 5) is 11.5. The van der Waals surface area contributed by atoms with E-state index in [0.29, 0.717) is 18.1 Å². The maximum absolute atomic E-state index is 11.5. The van der Waals surface area contributed by atoms with Gasteiger partial charge in [-0.2, -0.15) is 0 Å². The molecule has 7 atom stereocenters. The van der Waals surface area contributed by atoms with Crippen molar-refractivity contribution < 1.29 is 24.5 Å². The molecule has 0 aromatic carbocycles. The van der Waals surface area contributed by atoms with Crippen LogP contribution < -0.4 is 0 Å². The molecule has 5 heteroatoms. The molecule has 0 aromatic heterocycles. The monoisotopic (exact) mass is 418 g/mol. The van der Waals surface area contributed by atoms with Gasteiger partial charge in [0.25, 0.3) is 0 Å². The molecule has 0 radical (unpaired) electrons. The van der Waals surface area contributed by atoms with E-state index in [1.807, 2.05) is 6.92 Å². The SMILES string of the molecule is CC1=CC(=O)OC1=CC(O)C1(C)CCC2C(C)(CC(O)C3C(C)(C)CCCC32C)O1. The summed E-state index contributed by atoms with van der Waals surface area (Å²) in [6, 6.07) is 0. The van der Waals surface area contributed by atoms with E-state index in [1.54, 1.807) is 13.0 Å². The van der Waals surface area contributed by atoms with E-state index in [2.05, 4.69) is 27.7 Å². The lowest BCUT2D eigenvalue weighted by Crippen LogP contribution is -2.67. The highest BCUT2D eigenvalue weighted by Crippen LogP contribution is 2.65. The van der Waals surface area contributed by atoms with Crippen LogP contribution >= 0.6 is 0 Å². The maximum atomic E-state index is 11.5. The molecule has 3 fully saturated rings. The highest BCUT2D eigenvalue weighted by atomic mass is 16.5. The molecule has 168 valence electrons. The molecule has 4 aliphatic rings. The summed E-state index contributed by atoms with van der Waals surface area (Å²) < 4.78 is 12.0. The zero-order chi connectivity index (χ0) is 22.1. The number of carbonyl (C=O) groups excluding carboxylic acids is 1. The Morgan fingerprint density at radius 3 is 2.50 bits per heavy atom. The Labute approximate surface area is 180 Å². The van der Waals surface area contributed by atoms with Gasteiger partial charge in [0.2, 0.25) is 0 Å². The molecule has 0 bridgehead atoms. The van der Waals surface area contributed by atoms with E-state index in [-0.39, 0.29) is 16.7 Å². The first-order chi connectivity index (χ1) is 13.8. The third kappa shape index (κ3) is 3.28. The van der Waals surface area contributed by atoms with Crippen molar-refractivity contribution in [2.45, 2.75) is 103 Å². The third-order valence-electron chi connectivity index (χ3n) is 8.89. The number of fused-ring (bicyclic) bond motifs is 3. The van der Waals surface area contributed by atoms with Gasteiger partial charge in [-0.15, -0.1) is 0 Å². The van der Waals surface area contributed by atoms with Crippen LogP contribution in [0.25, 0.3) is 0 Å². The zero-order valence-corrected chi connectivity index (χ0v) is 19.3. The Morgan fingerprint density at radius 2 is 1.87 bits per heavy atom. The first-order valence-electron chi connectivity index (χ1n) is 11.5. The van der Waals surface area contributed by atoms with E-state index < -0.39 is 29.4 Å². The van der Waals surface area contributed by atoms with Crippen LogP contribution in [0.15, 0.2) is 23.5 Å². The highest BCUT2D eigenvalue weighted by molar-refractivity contribution is 5.88. The molecule has 5 nitrogen and oxygen atoms in total. The van der Waals surface area contributed by atoms with Crippen molar-refractivity contribution >= 4 is 5.97 Å². The van der Waals surface area contributed by atoms with E-state index in [0.717, 1.165) is 31.3 Å². The summed E-state index contributed by atoms with van der Waals surface area (Å²) in [5.41, 5.74) is -0.425. The Morgan fingerprint density at radius 1 is 1.17 bits per heavy atom. The summed E-state index contributed by atoms with van der Waals surface area (Å²) in [5.74, 6) is 0.621. The second kappa shape index (κ2) is 6.91. The lowest BCUT2D eigenvalue weighted by Gasteiger charge is -2.66. The van der Waals surface area contributed by atoms with Crippen LogP contribution in [0.3, 0.4) is 0 Å². The molecular weight excluding hydrogens is 380 g/mol. The second-order valence-corrected chi connectivity index (χ2v) is 11.6. The minimum Gasteiger partial charge on any atom is -0.423 e. The summed E-state index contributed by atoms with van der Waals surface area (Å²) in [6.07, 6.45) is 7.46. The number of carbonyl (C=O) groups is 1. The average Bonchev–Trinajstić information content (AvgIpc) is 2.89. The first kappa shape index (κ1) is 22.0. The number of ether oxygens (including phenoxy) is 2. The van der Waals surface area contributed by atoms with Crippen LogP contribution in [0.2, 0.25) is 0 Å². The summed E-state index contributed by atoms with van der Waals surface area (Å²) in [5, 5.41) is 22.4. The smallest absolute Gasteiger partial charge is 0.336 e. The van der Waals surface area contributed by atoms with Gasteiger partial charge in [0, 0.05) is 12.5 Å². The van der Waals surface area contributed by atoms with Gasteiger partial charge in [-0.1, -0.05) is 27.2 Å². The van der Waals surface area contributed by atoms with Gasteiger partial charge in [0.1, 0.15) is 11.9 Å². The number of rotatable bonds is 2. The van der Waals surface area contributed by atoms with Crippen LogP contribution in [0.4, 0.5) is 0 Å². The van der Waals surface area contributed by atoms with Crippen LogP contribution in [-0.2, 0) is 14.3 Å². The molecule has 0 amide bonds. The predicted octanol–water partition coefficient (Wildman–Crippen LogP) is 4.28. The molecule has 30 heavy (non-hydrogen) atoms. The molecular formula is C25H38O5. The summed E-state index contributed by atoms with van der Waals surface area (Å²) in [7, 11) is 0. The third-order valence-corrected chi connectivity index (χ3v) is 8.89. The van der Waals surface area contributed by atoms with Crippen molar-refractivity contribution in [2.24, 2.45) is 22.7 Å². The fraction of sp³-hybridized carbons (Fsp3) is 0.800. The van der Waals surface area contributed by atoms with Gasteiger partial charge in [0.15, 0.2) is 0 Å². The van der Waals surface area contributed by atoms with Gasteiger partial charge in [-0.05, 0) is 80.8 Å². The molecule has 2 aliphatic heterocycles. The number of aliphatic hydroxyl groups is 2. The number of cyclic esters (lactones) is 1. The predicted molar refractivity (Wildman–Crippen MR) is 114 cm³/mol. The highest BCUT2D eigenvalue weighted by Gasteiger charge is 2.65. The number of hydrogen-bond acceptors (Lipinski definition) is 5. The molecule has 2 N–H and O–H groups in total. The standard InChI is InChI=1S/C25H38O5/c1-15-12-20(28)29-17(15)13-19(27)24(5)11-8-18-23(4)10-7-9-22(2,3)21(23)16(26)14-25(18,6)30-24/h12-13,16,18-19,21,26-27H,7-11,14H2,1-6H3. The van der Waals surface area contributed by atoms with Crippen molar-refractivity contribution in [1.29, 1.82) is 0 Å². The Balaban J connectivity index is 1.61. The van der Waals surface area contributed by atoms with Gasteiger partial charge < -0.3 is 19.7 Å². The molecule has 2 aliphatic carbocycles. The summed E-state index contributed by atoms with van der Waals surface area (Å²) >= 11 is 0. The fourth-order valence-electron chi connectivity index (χ4n) is 7.77. The van der Waals surface area contributed by atoms with Crippen LogP contribution in [0.5, 0.6) is 0 Å². The van der Waals surface area contributed by atoms with Crippen LogP contribution in [0, 0.1) is 22.7 Å². The van der Waals surface area contributed by atoms with Gasteiger partial charge in [-0.25, -0.2) is 4.79 Å². The largest absolute Gasteiger partial charge is 0.423 e. The number of allylic oxidation sites excluding steroid dienone is 1. The molecule has 1 saturated heterocycles. The van der Waals surface area contributed by atoms with Gasteiger partial charge in [0.05, 0.1) is 17.3 Å². The average molecular weight is 419 g/mol. The molecule has 2 saturated carbocycles. The quantitative estimate of drug-likeness (QED) is 0.655. The molecule has 4 rings (SSSR count). The Bertz CT molecular complexity index is 797.